The van der Waals surface area contributed by atoms with Gasteiger partial charge in [-0.25, -0.2) is 8.42 Å². The third-order valence-corrected chi connectivity index (χ3v) is 8.19. The molecule has 33 heavy (non-hydrogen) atoms. The van der Waals surface area contributed by atoms with Crippen molar-refractivity contribution < 1.29 is 22.7 Å². The van der Waals surface area contributed by atoms with Gasteiger partial charge in [-0.2, -0.15) is 4.31 Å². The van der Waals surface area contributed by atoms with E-state index < -0.39 is 22.0 Å². The predicted molar refractivity (Wildman–Crippen MR) is 126 cm³/mol. The molecule has 0 bridgehead atoms. The van der Waals surface area contributed by atoms with E-state index in [0.717, 1.165) is 17.7 Å². The van der Waals surface area contributed by atoms with E-state index in [2.05, 4.69) is 10.6 Å². The fourth-order valence-electron chi connectivity index (χ4n) is 4.25. The fraction of sp³-hybridized carbons (Fsp3) is 0.417. The molecule has 176 valence electrons. The number of fused-ring (bicyclic) bond motifs is 1. The van der Waals surface area contributed by atoms with Crippen molar-refractivity contribution >= 4 is 33.2 Å². The number of nitrogens with zero attached hydrogens (tertiary/aromatic N) is 1. The third-order valence-electron chi connectivity index (χ3n) is 6.18. The van der Waals surface area contributed by atoms with Gasteiger partial charge in [0.15, 0.2) is 6.10 Å². The van der Waals surface area contributed by atoms with Crippen LogP contribution in [0, 0.1) is 12.8 Å². The van der Waals surface area contributed by atoms with E-state index in [4.69, 9.17) is 4.74 Å². The third kappa shape index (κ3) is 4.74. The number of carbonyl (C=O) groups excluding carboxylic acids is 2. The fourth-order valence-corrected chi connectivity index (χ4v) is 5.99. The summed E-state index contributed by atoms with van der Waals surface area (Å²) in [5.74, 6) is -0.558. The van der Waals surface area contributed by atoms with Gasteiger partial charge in [0.2, 0.25) is 15.9 Å². The first kappa shape index (κ1) is 23.3. The highest BCUT2D eigenvalue weighted by Crippen LogP contribution is 2.36. The summed E-state index contributed by atoms with van der Waals surface area (Å²) in [5.41, 5.74) is 2.81. The lowest BCUT2D eigenvalue weighted by Gasteiger charge is -2.32. The van der Waals surface area contributed by atoms with Crippen molar-refractivity contribution in [3.63, 3.8) is 0 Å². The van der Waals surface area contributed by atoms with Gasteiger partial charge >= 0.3 is 0 Å². The lowest BCUT2D eigenvalue weighted by Crippen LogP contribution is -2.44. The topological polar surface area (TPSA) is 105 Å². The van der Waals surface area contributed by atoms with Gasteiger partial charge in [0, 0.05) is 24.8 Å². The summed E-state index contributed by atoms with van der Waals surface area (Å²) in [6.07, 6.45) is 1.39. The Morgan fingerprint density at radius 1 is 1.27 bits per heavy atom. The van der Waals surface area contributed by atoms with E-state index in [-0.39, 0.29) is 23.3 Å². The first-order chi connectivity index (χ1) is 15.7. The van der Waals surface area contributed by atoms with Crippen molar-refractivity contribution in [1.29, 1.82) is 0 Å². The van der Waals surface area contributed by atoms with Crippen molar-refractivity contribution in [1.82, 2.24) is 4.31 Å². The minimum atomic E-state index is -3.85. The Labute approximate surface area is 194 Å². The van der Waals surface area contributed by atoms with E-state index >= 15 is 0 Å². The van der Waals surface area contributed by atoms with Gasteiger partial charge in [-0.05, 0) is 62.4 Å². The monoisotopic (exact) mass is 471 g/mol. The highest BCUT2D eigenvalue weighted by Gasteiger charge is 2.35. The Bertz CT molecular complexity index is 1190. The number of benzene rings is 2. The summed E-state index contributed by atoms with van der Waals surface area (Å²) >= 11 is 0. The number of rotatable bonds is 5. The zero-order valence-corrected chi connectivity index (χ0v) is 19.9. The lowest BCUT2D eigenvalue weighted by molar-refractivity contribution is -0.123. The van der Waals surface area contributed by atoms with Crippen LogP contribution in [-0.4, -0.2) is 43.7 Å². The molecular formula is C24H29N3O5S. The summed E-state index contributed by atoms with van der Waals surface area (Å²) < 4.78 is 34.0. The summed E-state index contributed by atoms with van der Waals surface area (Å²) in [6.45, 7) is 5.81. The average Bonchev–Trinajstić information content (AvgIpc) is 2.80. The molecule has 0 aliphatic carbocycles. The molecule has 4 rings (SSSR count). The number of hydrogen-bond acceptors (Lipinski definition) is 5. The molecule has 1 fully saturated rings. The molecule has 2 heterocycles. The summed E-state index contributed by atoms with van der Waals surface area (Å²) in [4.78, 5) is 24.9. The maximum atomic E-state index is 13.5. The maximum Gasteiger partial charge on any atom is 0.265 e. The molecule has 2 aliphatic heterocycles. The van der Waals surface area contributed by atoms with Crippen molar-refractivity contribution in [3.05, 3.63) is 47.5 Å². The summed E-state index contributed by atoms with van der Waals surface area (Å²) in [6, 6.07) is 10.8. The van der Waals surface area contributed by atoms with E-state index in [1.807, 2.05) is 31.2 Å². The van der Waals surface area contributed by atoms with Gasteiger partial charge in [0.1, 0.15) is 5.75 Å². The van der Waals surface area contributed by atoms with E-state index in [0.29, 0.717) is 36.4 Å². The first-order valence-corrected chi connectivity index (χ1v) is 12.6. The van der Waals surface area contributed by atoms with Gasteiger partial charge in [-0.15, -0.1) is 0 Å². The number of ether oxygens (including phenoxy) is 1. The van der Waals surface area contributed by atoms with Gasteiger partial charge in [-0.1, -0.05) is 19.1 Å². The SMILES string of the molecule is CCc1cccc(NC(=O)[C@@H]2CCCN(S(=O)(=O)c3cc4c(cc3C)NC(=O)[C@@H](C)O4)C2)c1. The van der Waals surface area contributed by atoms with Crippen molar-refractivity contribution in [3.8, 4) is 5.75 Å². The normalized spacial score (nSPS) is 21.0. The second-order valence-electron chi connectivity index (χ2n) is 8.61. The maximum absolute atomic E-state index is 13.5. The number of amides is 2. The van der Waals surface area contributed by atoms with Crippen molar-refractivity contribution in [2.24, 2.45) is 5.92 Å². The quantitative estimate of drug-likeness (QED) is 0.696. The van der Waals surface area contributed by atoms with Gasteiger partial charge in [0.25, 0.3) is 5.91 Å². The zero-order valence-electron chi connectivity index (χ0n) is 19.1. The zero-order chi connectivity index (χ0) is 23.8. The second kappa shape index (κ2) is 9.15. The van der Waals surface area contributed by atoms with Crippen LogP contribution in [0.25, 0.3) is 0 Å². The highest BCUT2D eigenvalue weighted by molar-refractivity contribution is 7.89. The molecule has 0 spiro atoms. The number of anilines is 2. The Morgan fingerprint density at radius 2 is 2.06 bits per heavy atom. The molecule has 8 nitrogen and oxygen atoms in total. The van der Waals surface area contributed by atoms with E-state index in [1.54, 1.807) is 19.9 Å². The number of carbonyl (C=O) groups is 2. The minimum absolute atomic E-state index is 0.117. The highest BCUT2D eigenvalue weighted by atomic mass is 32.2. The molecule has 2 N–H and O–H groups in total. The van der Waals surface area contributed by atoms with Crippen LogP contribution in [-0.2, 0) is 26.0 Å². The predicted octanol–water partition coefficient (Wildman–Crippen LogP) is 3.32. The first-order valence-electron chi connectivity index (χ1n) is 11.2. The molecule has 0 unspecified atom stereocenters. The lowest BCUT2D eigenvalue weighted by atomic mass is 9.98. The molecule has 0 saturated carbocycles. The number of sulfonamides is 1. The number of hydrogen-bond donors (Lipinski definition) is 2. The molecule has 0 radical (unpaired) electrons. The largest absolute Gasteiger partial charge is 0.479 e. The molecule has 2 aromatic rings. The Kier molecular flexibility index (Phi) is 6.45. The van der Waals surface area contributed by atoms with E-state index in [1.165, 1.54) is 10.4 Å². The van der Waals surface area contributed by atoms with Crippen LogP contribution in [0.3, 0.4) is 0 Å². The van der Waals surface area contributed by atoms with Gasteiger partial charge in [-0.3, -0.25) is 9.59 Å². The second-order valence-corrected chi connectivity index (χ2v) is 10.5. The van der Waals surface area contributed by atoms with Crippen LogP contribution in [0.4, 0.5) is 11.4 Å². The molecule has 2 aromatic carbocycles. The van der Waals surface area contributed by atoms with Crippen LogP contribution >= 0.6 is 0 Å². The Hall–Kier alpha value is -2.91. The van der Waals surface area contributed by atoms with Gasteiger partial charge < -0.3 is 15.4 Å². The standard InChI is InChI=1S/C24H29N3O5S/c1-4-17-7-5-9-19(12-17)25-24(29)18-8-6-10-27(14-18)33(30,31)22-13-21-20(11-15(22)2)26-23(28)16(3)32-21/h5,7,9,11-13,16,18H,4,6,8,10,14H2,1-3H3,(H,25,29)(H,26,28)/t16-,18-/m1/s1. The molecule has 2 aliphatic rings. The van der Waals surface area contributed by atoms with Crippen molar-refractivity contribution in [2.45, 2.75) is 51.0 Å². The van der Waals surface area contributed by atoms with Crippen LogP contribution < -0.4 is 15.4 Å². The average molecular weight is 472 g/mol. The minimum Gasteiger partial charge on any atom is -0.479 e. The Morgan fingerprint density at radius 3 is 2.82 bits per heavy atom. The molecule has 2 amide bonds. The molecule has 1 saturated heterocycles. The van der Waals surface area contributed by atoms with Crippen LogP contribution in [0.2, 0.25) is 0 Å². The number of piperidine rings is 1. The van der Waals surface area contributed by atoms with Crippen LogP contribution in [0.15, 0.2) is 41.3 Å². The van der Waals surface area contributed by atoms with E-state index in [9.17, 15) is 18.0 Å². The number of nitrogens with one attached hydrogen (secondary N) is 2. The molecule has 9 heteroatoms. The van der Waals surface area contributed by atoms with Gasteiger partial charge in [0.05, 0.1) is 16.5 Å². The Balaban J connectivity index is 1.53. The molecule has 0 aromatic heterocycles. The number of aryl methyl sites for hydroxylation is 2. The molecule has 2 atom stereocenters. The van der Waals surface area contributed by atoms with Crippen LogP contribution in [0.5, 0.6) is 5.75 Å². The summed E-state index contributed by atoms with van der Waals surface area (Å²) in [7, 11) is -3.85. The van der Waals surface area contributed by atoms with Crippen molar-refractivity contribution in [2.75, 3.05) is 23.7 Å². The summed E-state index contributed by atoms with van der Waals surface area (Å²) in [5, 5.41) is 5.68. The molecular weight excluding hydrogens is 442 g/mol. The van der Waals surface area contributed by atoms with Crippen LogP contribution in [0.1, 0.15) is 37.8 Å². The smallest absolute Gasteiger partial charge is 0.265 e.